The molecule has 0 atom stereocenters. The van der Waals surface area contributed by atoms with Gasteiger partial charge in [0.1, 0.15) is 5.82 Å². The van der Waals surface area contributed by atoms with Gasteiger partial charge < -0.3 is 5.32 Å². The first kappa shape index (κ1) is 9.25. The molecule has 82 valence electrons. The first-order valence-electron chi connectivity index (χ1n) is 6.25. The normalized spacial score (nSPS) is 22.1. The van der Waals surface area contributed by atoms with Gasteiger partial charge in [-0.2, -0.15) is 5.10 Å². The molecular formula is C12H19N3. The average molecular weight is 205 g/mol. The molecule has 1 saturated carbocycles. The lowest BCUT2D eigenvalue weighted by Gasteiger charge is -2.19. The molecule has 1 N–H and O–H groups in total. The molecule has 3 heteroatoms. The van der Waals surface area contributed by atoms with Crippen molar-refractivity contribution in [2.24, 2.45) is 0 Å². The van der Waals surface area contributed by atoms with Gasteiger partial charge in [-0.05, 0) is 19.3 Å². The summed E-state index contributed by atoms with van der Waals surface area (Å²) in [6.07, 6.45) is 8.09. The fourth-order valence-electron chi connectivity index (χ4n) is 2.79. The van der Waals surface area contributed by atoms with E-state index in [1.165, 1.54) is 50.0 Å². The van der Waals surface area contributed by atoms with Crippen LogP contribution >= 0.6 is 0 Å². The lowest BCUT2D eigenvalue weighted by molar-refractivity contribution is 0.430. The standard InChI is InChI=1S/C12H19N3/c1-2-5-10(6-3-1)11-9-12-13-7-4-8-15(12)14-11/h9-10,13H,1-8H2. The summed E-state index contributed by atoms with van der Waals surface area (Å²) in [5.74, 6) is 1.97. The third-order valence-corrected chi connectivity index (χ3v) is 3.68. The molecule has 0 saturated heterocycles. The SMILES string of the molecule is c1c(C2CCCCC2)nn2c1NCCC2. The van der Waals surface area contributed by atoms with Crippen molar-refractivity contribution in [3.05, 3.63) is 11.8 Å². The molecule has 0 amide bonds. The van der Waals surface area contributed by atoms with Crippen molar-refractivity contribution in [3.63, 3.8) is 0 Å². The Labute approximate surface area is 90.9 Å². The highest BCUT2D eigenvalue weighted by Gasteiger charge is 2.20. The van der Waals surface area contributed by atoms with Crippen molar-refractivity contribution in [2.45, 2.75) is 51.0 Å². The van der Waals surface area contributed by atoms with Crippen LogP contribution in [0.5, 0.6) is 0 Å². The molecule has 2 aliphatic rings. The van der Waals surface area contributed by atoms with Gasteiger partial charge in [-0.1, -0.05) is 19.3 Å². The van der Waals surface area contributed by atoms with Gasteiger partial charge in [0.15, 0.2) is 0 Å². The summed E-state index contributed by atoms with van der Waals surface area (Å²) < 4.78 is 2.15. The van der Waals surface area contributed by atoms with Crippen LogP contribution in [0, 0.1) is 0 Å². The molecule has 0 radical (unpaired) electrons. The third kappa shape index (κ3) is 1.75. The van der Waals surface area contributed by atoms with Gasteiger partial charge >= 0.3 is 0 Å². The second-order valence-electron chi connectivity index (χ2n) is 4.79. The number of aryl methyl sites for hydroxylation is 1. The van der Waals surface area contributed by atoms with Crippen LogP contribution in [-0.4, -0.2) is 16.3 Å². The van der Waals surface area contributed by atoms with Crippen LogP contribution in [0.2, 0.25) is 0 Å². The Morgan fingerprint density at radius 1 is 1.20 bits per heavy atom. The highest BCUT2D eigenvalue weighted by atomic mass is 15.3. The van der Waals surface area contributed by atoms with Crippen molar-refractivity contribution in [1.82, 2.24) is 9.78 Å². The molecule has 0 spiro atoms. The van der Waals surface area contributed by atoms with E-state index >= 15 is 0 Å². The van der Waals surface area contributed by atoms with E-state index < -0.39 is 0 Å². The molecule has 0 aromatic carbocycles. The second kappa shape index (κ2) is 3.87. The minimum absolute atomic E-state index is 0.735. The van der Waals surface area contributed by atoms with Crippen LogP contribution in [0.25, 0.3) is 0 Å². The van der Waals surface area contributed by atoms with E-state index in [0.717, 1.165) is 19.0 Å². The summed E-state index contributed by atoms with van der Waals surface area (Å²) in [6, 6.07) is 2.27. The summed E-state index contributed by atoms with van der Waals surface area (Å²) in [7, 11) is 0. The van der Waals surface area contributed by atoms with E-state index in [-0.39, 0.29) is 0 Å². The van der Waals surface area contributed by atoms with Crippen molar-refractivity contribution in [2.75, 3.05) is 11.9 Å². The van der Waals surface area contributed by atoms with E-state index in [4.69, 9.17) is 5.10 Å². The maximum Gasteiger partial charge on any atom is 0.124 e. The van der Waals surface area contributed by atoms with Gasteiger partial charge in [0, 0.05) is 25.1 Å². The summed E-state index contributed by atoms with van der Waals surface area (Å²) >= 11 is 0. The van der Waals surface area contributed by atoms with Gasteiger partial charge in [0.05, 0.1) is 5.69 Å². The maximum absolute atomic E-state index is 4.73. The molecule has 3 rings (SSSR count). The largest absolute Gasteiger partial charge is 0.370 e. The summed E-state index contributed by atoms with van der Waals surface area (Å²) in [5, 5.41) is 8.15. The zero-order chi connectivity index (χ0) is 10.1. The van der Waals surface area contributed by atoms with Crippen LogP contribution in [0.3, 0.4) is 0 Å². The number of nitrogens with one attached hydrogen (secondary N) is 1. The Bertz CT molecular complexity index is 313. The summed E-state index contributed by atoms with van der Waals surface area (Å²) in [4.78, 5) is 0. The van der Waals surface area contributed by atoms with Gasteiger partial charge in [0.25, 0.3) is 0 Å². The van der Waals surface area contributed by atoms with Gasteiger partial charge in [0.2, 0.25) is 0 Å². The van der Waals surface area contributed by atoms with Crippen LogP contribution < -0.4 is 5.32 Å². The van der Waals surface area contributed by atoms with Crippen molar-refractivity contribution < 1.29 is 0 Å². The molecular weight excluding hydrogens is 186 g/mol. The number of hydrogen-bond donors (Lipinski definition) is 1. The lowest BCUT2D eigenvalue weighted by atomic mass is 9.87. The van der Waals surface area contributed by atoms with Crippen molar-refractivity contribution in [3.8, 4) is 0 Å². The molecule has 15 heavy (non-hydrogen) atoms. The number of fused-ring (bicyclic) bond motifs is 1. The maximum atomic E-state index is 4.73. The van der Waals surface area contributed by atoms with E-state index in [1.54, 1.807) is 0 Å². The molecule has 1 aromatic rings. The molecule has 0 bridgehead atoms. The molecule has 1 aliphatic heterocycles. The van der Waals surface area contributed by atoms with Crippen LogP contribution in [0.4, 0.5) is 5.82 Å². The zero-order valence-electron chi connectivity index (χ0n) is 9.21. The Morgan fingerprint density at radius 2 is 2.07 bits per heavy atom. The van der Waals surface area contributed by atoms with Crippen molar-refractivity contribution in [1.29, 1.82) is 0 Å². The van der Waals surface area contributed by atoms with Crippen molar-refractivity contribution >= 4 is 5.82 Å². The predicted molar refractivity (Wildman–Crippen MR) is 61.2 cm³/mol. The molecule has 0 unspecified atom stereocenters. The van der Waals surface area contributed by atoms with Crippen LogP contribution in [0.1, 0.15) is 50.1 Å². The number of aromatic nitrogens is 2. The molecule has 2 heterocycles. The van der Waals surface area contributed by atoms with E-state index in [0.29, 0.717) is 0 Å². The monoisotopic (exact) mass is 205 g/mol. The molecule has 3 nitrogen and oxygen atoms in total. The summed E-state index contributed by atoms with van der Waals surface area (Å²) in [6.45, 7) is 2.20. The minimum atomic E-state index is 0.735. The fraction of sp³-hybridized carbons (Fsp3) is 0.750. The third-order valence-electron chi connectivity index (χ3n) is 3.68. The number of nitrogens with zero attached hydrogens (tertiary/aromatic N) is 2. The number of hydrogen-bond acceptors (Lipinski definition) is 2. The second-order valence-corrected chi connectivity index (χ2v) is 4.79. The Morgan fingerprint density at radius 3 is 2.87 bits per heavy atom. The topological polar surface area (TPSA) is 29.9 Å². The average Bonchev–Trinajstić information content (AvgIpc) is 2.74. The van der Waals surface area contributed by atoms with E-state index in [1.807, 2.05) is 0 Å². The highest BCUT2D eigenvalue weighted by Crippen LogP contribution is 2.33. The number of anilines is 1. The zero-order valence-corrected chi connectivity index (χ0v) is 9.21. The Hall–Kier alpha value is -0.990. The molecule has 1 aromatic heterocycles. The van der Waals surface area contributed by atoms with Crippen LogP contribution in [0.15, 0.2) is 6.07 Å². The van der Waals surface area contributed by atoms with Gasteiger partial charge in [-0.15, -0.1) is 0 Å². The Balaban J connectivity index is 1.82. The lowest BCUT2D eigenvalue weighted by Crippen LogP contribution is -2.17. The summed E-state index contributed by atoms with van der Waals surface area (Å²) in [5.41, 5.74) is 1.33. The number of rotatable bonds is 1. The van der Waals surface area contributed by atoms with E-state index in [9.17, 15) is 0 Å². The quantitative estimate of drug-likeness (QED) is 0.764. The fourth-order valence-corrected chi connectivity index (χ4v) is 2.79. The predicted octanol–water partition coefficient (Wildman–Crippen LogP) is 2.75. The minimum Gasteiger partial charge on any atom is -0.370 e. The smallest absolute Gasteiger partial charge is 0.124 e. The first-order valence-corrected chi connectivity index (χ1v) is 6.25. The molecule has 1 aliphatic carbocycles. The van der Waals surface area contributed by atoms with Crippen LogP contribution in [-0.2, 0) is 6.54 Å². The van der Waals surface area contributed by atoms with Gasteiger partial charge in [-0.25, -0.2) is 4.68 Å². The highest BCUT2D eigenvalue weighted by molar-refractivity contribution is 5.39. The first-order chi connectivity index (χ1) is 7.43. The molecule has 1 fully saturated rings. The Kier molecular flexibility index (Phi) is 2.39. The van der Waals surface area contributed by atoms with E-state index in [2.05, 4.69) is 16.1 Å². The van der Waals surface area contributed by atoms with Gasteiger partial charge in [-0.3, -0.25) is 0 Å².